The third kappa shape index (κ3) is 5.30. The molecule has 1 aliphatic heterocycles. The van der Waals surface area contributed by atoms with Gasteiger partial charge in [-0.25, -0.2) is 0 Å². The van der Waals surface area contributed by atoms with Crippen LogP contribution in [0.2, 0.25) is 5.02 Å². The number of likely N-dealkylation sites (tertiary alicyclic amines) is 1. The van der Waals surface area contributed by atoms with Crippen LogP contribution in [0.3, 0.4) is 0 Å². The fourth-order valence-corrected chi connectivity index (χ4v) is 4.22. The molecule has 1 aromatic carbocycles. The lowest BCUT2D eigenvalue weighted by atomic mass is 9.95. The third-order valence-electron chi connectivity index (χ3n) is 4.54. The van der Waals surface area contributed by atoms with Crippen molar-refractivity contribution in [2.45, 2.75) is 18.8 Å². The minimum Gasteiger partial charge on any atom is -0.347 e. The quantitative estimate of drug-likeness (QED) is 0.768. The van der Waals surface area contributed by atoms with E-state index in [4.69, 9.17) is 11.6 Å². The highest BCUT2D eigenvalue weighted by Gasteiger charge is 2.21. The summed E-state index contributed by atoms with van der Waals surface area (Å²) in [6, 6.07) is 11.0. The smallest absolute Gasteiger partial charge is 0.313 e. The van der Waals surface area contributed by atoms with Gasteiger partial charge in [-0.05, 0) is 61.5 Å². The molecule has 5 nitrogen and oxygen atoms in total. The maximum Gasteiger partial charge on any atom is 0.313 e. The van der Waals surface area contributed by atoms with E-state index in [0.717, 1.165) is 32.5 Å². The lowest BCUT2D eigenvalue weighted by Gasteiger charge is -2.31. The Balaban J connectivity index is 1.35. The Hall–Kier alpha value is -1.89. The molecule has 7 heteroatoms. The molecule has 0 radical (unpaired) electrons. The number of nitrogens with one attached hydrogen (secondary N) is 2. The second-order valence-electron chi connectivity index (χ2n) is 6.35. The van der Waals surface area contributed by atoms with E-state index in [-0.39, 0.29) is 0 Å². The Kier molecular flexibility index (Phi) is 6.66. The second-order valence-corrected chi connectivity index (χ2v) is 7.77. The number of thiophene rings is 1. The lowest BCUT2D eigenvalue weighted by molar-refractivity contribution is -0.136. The second kappa shape index (κ2) is 9.16. The largest absolute Gasteiger partial charge is 0.347 e. The van der Waals surface area contributed by atoms with Gasteiger partial charge in [0.25, 0.3) is 0 Å². The van der Waals surface area contributed by atoms with Gasteiger partial charge in [-0.1, -0.05) is 23.7 Å². The summed E-state index contributed by atoms with van der Waals surface area (Å²) in [4.78, 5) is 27.6. The van der Waals surface area contributed by atoms with E-state index in [2.05, 4.69) is 33.0 Å². The van der Waals surface area contributed by atoms with Crippen LogP contribution in [0.25, 0.3) is 0 Å². The molecule has 2 N–H and O–H groups in total. The molecule has 138 valence electrons. The summed E-state index contributed by atoms with van der Waals surface area (Å²) in [6.45, 7) is 3.26. The molecule has 2 amide bonds. The van der Waals surface area contributed by atoms with E-state index in [1.807, 2.05) is 11.3 Å². The zero-order chi connectivity index (χ0) is 18.4. The van der Waals surface area contributed by atoms with Crippen LogP contribution in [0.1, 0.15) is 23.6 Å². The van der Waals surface area contributed by atoms with Gasteiger partial charge in [0.1, 0.15) is 0 Å². The molecule has 1 aliphatic rings. The minimum absolute atomic E-state index is 0.464. The molecule has 2 heterocycles. The van der Waals surface area contributed by atoms with Gasteiger partial charge in [0.05, 0.1) is 0 Å². The monoisotopic (exact) mass is 391 g/mol. The number of carbonyl (C=O) groups excluding carboxylic acids is 2. The van der Waals surface area contributed by atoms with Crippen molar-refractivity contribution in [2.75, 3.05) is 31.5 Å². The Bertz CT molecular complexity index is 743. The first kappa shape index (κ1) is 18.9. The van der Waals surface area contributed by atoms with Crippen molar-refractivity contribution in [3.63, 3.8) is 0 Å². The maximum absolute atomic E-state index is 11.9. The van der Waals surface area contributed by atoms with Crippen LogP contribution in [-0.4, -0.2) is 42.9 Å². The molecule has 1 aromatic heterocycles. The van der Waals surface area contributed by atoms with Crippen LogP contribution in [0, 0.1) is 0 Å². The van der Waals surface area contributed by atoms with E-state index in [1.165, 1.54) is 4.88 Å². The number of halogens is 1. The minimum atomic E-state index is -0.677. The molecule has 0 bridgehead atoms. The summed E-state index contributed by atoms with van der Waals surface area (Å²) in [5, 5.41) is 7.86. The molecule has 2 aromatic rings. The third-order valence-corrected chi connectivity index (χ3v) is 5.81. The van der Waals surface area contributed by atoms with Crippen molar-refractivity contribution in [3.8, 4) is 0 Å². The zero-order valence-corrected chi connectivity index (χ0v) is 16.0. The Morgan fingerprint density at radius 3 is 2.65 bits per heavy atom. The molecule has 0 saturated carbocycles. The van der Waals surface area contributed by atoms with Crippen molar-refractivity contribution >= 4 is 40.4 Å². The van der Waals surface area contributed by atoms with Crippen LogP contribution in [-0.2, 0) is 9.59 Å². The van der Waals surface area contributed by atoms with Gasteiger partial charge in [0, 0.05) is 28.7 Å². The molecule has 0 aliphatic carbocycles. The number of piperidine rings is 1. The summed E-state index contributed by atoms with van der Waals surface area (Å²) in [7, 11) is 0. The highest BCUT2D eigenvalue weighted by atomic mass is 35.5. The average Bonchev–Trinajstić information content (AvgIpc) is 3.17. The number of rotatable bonds is 5. The highest BCUT2D eigenvalue weighted by Crippen LogP contribution is 2.30. The van der Waals surface area contributed by atoms with Crippen LogP contribution < -0.4 is 10.6 Å². The summed E-state index contributed by atoms with van der Waals surface area (Å²) < 4.78 is 0. The van der Waals surface area contributed by atoms with Gasteiger partial charge in [0.15, 0.2) is 0 Å². The molecule has 0 spiro atoms. The van der Waals surface area contributed by atoms with E-state index in [1.54, 1.807) is 24.3 Å². The first-order valence-electron chi connectivity index (χ1n) is 8.72. The Morgan fingerprint density at radius 2 is 1.96 bits per heavy atom. The van der Waals surface area contributed by atoms with Crippen LogP contribution in [0.5, 0.6) is 0 Å². The van der Waals surface area contributed by atoms with Crippen LogP contribution in [0.4, 0.5) is 5.69 Å². The van der Waals surface area contributed by atoms with E-state index < -0.39 is 11.8 Å². The van der Waals surface area contributed by atoms with Crippen LogP contribution in [0.15, 0.2) is 41.8 Å². The average molecular weight is 392 g/mol. The fourth-order valence-electron chi connectivity index (χ4n) is 3.13. The molecular formula is C19H22ClN3O2S. The number of hydrogen-bond acceptors (Lipinski definition) is 4. The molecule has 3 rings (SSSR count). The molecule has 26 heavy (non-hydrogen) atoms. The van der Waals surface area contributed by atoms with E-state index >= 15 is 0 Å². The highest BCUT2D eigenvalue weighted by molar-refractivity contribution is 7.10. The van der Waals surface area contributed by atoms with Gasteiger partial charge in [0.2, 0.25) is 0 Å². The number of nitrogens with zero attached hydrogens (tertiary/aromatic N) is 1. The molecule has 1 fully saturated rings. The van der Waals surface area contributed by atoms with E-state index in [9.17, 15) is 9.59 Å². The van der Waals surface area contributed by atoms with Gasteiger partial charge in [-0.3, -0.25) is 9.59 Å². The molecule has 0 atom stereocenters. The predicted molar refractivity (Wildman–Crippen MR) is 106 cm³/mol. The predicted octanol–water partition coefficient (Wildman–Crippen LogP) is 3.34. The fraction of sp³-hybridized carbons (Fsp3) is 0.368. The molecule has 0 unspecified atom stereocenters. The van der Waals surface area contributed by atoms with Gasteiger partial charge in [-0.15, -0.1) is 11.3 Å². The Labute approximate surface area is 162 Å². The maximum atomic E-state index is 11.9. The normalized spacial score (nSPS) is 15.6. The number of benzene rings is 1. The first-order valence-corrected chi connectivity index (χ1v) is 9.98. The summed E-state index contributed by atoms with van der Waals surface area (Å²) in [6.07, 6.45) is 2.29. The first-order chi connectivity index (χ1) is 12.6. The van der Waals surface area contributed by atoms with Crippen molar-refractivity contribution in [1.82, 2.24) is 10.2 Å². The summed E-state index contributed by atoms with van der Waals surface area (Å²) >= 11 is 7.69. The number of amides is 2. The molecular weight excluding hydrogens is 370 g/mol. The van der Waals surface area contributed by atoms with Gasteiger partial charge >= 0.3 is 11.8 Å². The lowest BCUT2D eigenvalue weighted by Crippen LogP contribution is -2.42. The van der Waals surface area contributed by atoms with E-state index in [0.29, 0.717) is 23.2 Å². The zero-order valence-electron chi connectivity index (χ0n) is 14.4. The van der Waals surface area contributed by atoms with Crippen LogP contribution >= 0.6 is 22.9 Å². The number of anilines is 1. The van der Waals surface area contributed by atoms with Crippen molar-refractivity contribution < 1.29 is 9.59 Å². The van der Waals surface area contributed by atoms with Crippen molar-refractivity contribution in [3.05, 3.63) is 51.7 Å². The Morgan fingerprint density at radius 1 is 1.15 bits per heavy atom. The van der Waals surface area contributed by atoms with Crippen molar-refractivity contribution in [2.24, 2.45) is 0 Å². The van der Waals surface area contributed by atoms with Crippen molar-refractivity contribution in [1.29, 1.82) is 0 Å². The summed E-state index contributed by atoms with van der Waals surface area (Å²) in [5.41, 5.74) is 0.508. The molecule has 1 saturated heterocycles. The topological polar surface area (TPSA) is 61.4 Å². The number of carbonyl (C=O) groups is 2. The van der Waals surface area contributed by atoms with Gasteiger partial charge in [-0.2, -0.15) is 0 Å². The standard InChI is InChI=1S/C19H22ClN3O2S/c20-15-3-1-4-16(13-15)22-19(25)18(24)21-8-11-23-9-6-14(7-10-23)17-5-2-12-26-17/h1-5,12-14H,6-11H2,(H,21,24)(H,22,25). The summed E-state index contributed by atoms with van der Waals surface area (Å²) in [5.74, 6) is -0.647. The SMILES string of the molecule is O=C(NCCN1CCC(c2cccs2)CC1)C(=O)Nc1cccc(Cl)c1. The number of hydrogen-bond donors (Lipinski definition) is 2. The van der Waals surface area contributed by atoms with Gasteiger partial charge < -0.3 is 15.5 Å².